The molecule has 0 amide bonds. The fourth-order valence-electron chi connectivity index (χ4n) is 1.80. The predicted octanol–water partition coefficient (Wildman–Crippen LogP) is 1.31. The highest BCUT2D eigenvalue weighted by molar-refractivity contribution is 5.17. The Bertz CT molecular complexity index is 462. The Kier molecular flexibility index (Phi) is 3.22. The lowest BCUT2D eigenvalue weighted by Crippen LogP contribution is -2.20. The maximum atomic E-state index is 13.0. The van der Waals surface area contributed by atoms with Crippen LogP contribution in [-0.4, -0.2) is 22.9 Å². The van der Waals surface area contributed by atoms with E-state index >= 15 is 0 Å². The van der Waals surface area contributed by atoms with Crippen LogP contribution >= 0.6 is 0 Å². The van der Waals surface area contributed by atoms with Gasteiger partial charge in [-0.2, -0.15) is 0 Å². The van der Waals surface area contributed by atoms with Gasteiger partial charge in [0.25, 0.3) is 6.20 Å². The van der Waals surface area contributed by atoms with Crippen molar-refractivity contribution in [3.05, 3.63) is 57.8 Å². The first kappa shape index (κ1) is 11.4. The molecule has 0 atom stereocenters. The van der Waals surface area contributed by atoms with Crippen LogP contribution in [0.1, 0.15) is 5.56 Å². The molecule has 0 aromatic heterocycles. The molecule has 1 fully saturated rings. The summed E-state index contributed by atoms with van der Waals surface area (Å²) in [4.78, 5) is 11.7. The summed E-state index contributed by atoms with van der Waals surface area (Å²) in [6.45, 7) is 1.80. The fraction of sp³-hybridized carbons (Fsp3) is 0.273. The van der Waals surface area contributed by atoms with Gasteiger partial charge in [-0.15, -0.1) is 0 Å². The van der Waals surface area contributed by atoms with Crippen LogP contribution in [0.5, 0.6) is 0 Å². The van der Waals surface area contributed by atoms with Gasteiger partial charge in [-0.1, -0.05) is 12.1 Å². The Balaban J connectivity index is 2.10. The predicted molar refractivity (Wildman–Crippen MR) is 59.9 cm³/mol. The molecule has 1 N–H and O–H groups in total. The Morgan fingerprint density at radius 3 is 3.12 bits per heavy atom. The molecular formula is C11H12FN3O2. The van der Waals surface area contributed by atoms with Crippen molar-refractivity contribution < 1.29 is 9.31 Å². The van der Waals surface area contributed by atoms with Gasteiger partial charge in [0.1, 0.15) is 5.82 Å². The molecule has 1 saturated heterocycles. The molecule has 0 aliphatic carbocycles. The van der Waals surface area contributed by atoms with Gasteiger partial charge < -0.3 is 10.2 Å². The van der Waals surface area contributed by atoms with E-state index in [1.807, 2.05) is 4.90 Å². The summed E-state index contributed by atoms with van der Waals surface area (Å²) in [7, 11) is 0. The van der Waals surface area contributed by atoms with Crippen LogP contribution in [0.25, 0.3) is 0 Å². The van der Waals surface area contributed by atoms with Gasteiger partial charge in [-0.25, -0.2) is 4.39 Å². The van der Waals surface area contributed by atoms with Crippen LogP contribution in [0, 0.1) is 15.9 Å². The second-order valence-electron chi connectivity index (χ2n) is 3.78. The molecule has 0 radical (unpaired) electrons. The van der Waals surface area contributed by atoms with E-state index < -0.39 is 4.92 Å². The van der Waals surface area contributed by atoms with Crippen LogP contribution in [-0.2, 0) is 6.54 Å². The van der Waals surface area contributed by atoms with Crippen molar-refractivity contribution in [2.75, 3.05) is 13.1 Å². The highest BCUT2D eigenvalue weighted by atomic mass is 19.1. The first-order chi connectivity index (χ1) is 8.15. The minimum Gasteiger partial charge on any atom is -0.365 e. The van der Waals surface area contributed by atoms with Crippen LogP contribution in [0.4, 0.5) is 4.39 Å². The average molecular weight is 237 g/mol. The SMILES string of the molecule is O=[N+]([O-])C=C1NCCN1Cc1cccc(F)c1. The standard InChI is InChI=1S/C11H12FN3O2/c12-10-3-1-2-9(6-10)7-14-5-4-13-11(14)8-15(16)17/h1-3,6,8,13H,4-5,7H2. The molecule has 90 valence electrons. The quantitative estimate of drug-likeness (QED) is 0.636. The number of benzene rings is 1. The number of rotatable bonds is 3. The first-order valence-electron chi connectivity index (χ1n) is 5.24. The second kappa shape index (κ2) is 4.82. The van der Waals surface area contributed by atoms with E-state index in [-0.39, 0.29) is 5.82 Å². The summed E-state index contributed by atoms with van der Waals surface area (Å²) in [5.74, 6) is 0.175. The van der Waals surface area contributed by atoms with E-state index in [4.69, 9.17) is 0 Å². The average Bonchev–Trinajstić information content (AvgIpc) is 2.65. The largest absolute Gasteiger partial charge is 0.365 e. The second-order valence-corrected chi connectivity index (χ2v) is 3.78. The topological polar surface area (TPSA) is 58.4 Å². The molecule has 5 nitrogen and oxygen atoms in total. The third kappa shape index (κ3) is 2.93. The molecule has 0 bridgehead atoms. The zero-order valence-electron chi connectivity index (χ0n) is 9.10. The Morgan fingerprint density at radius 2 is 2.41 bits per heavy atom. The van der Waals surface area contributed by atoms with E-state index in [9.17, 15) is 14.5 Å². The normalized spacial score (nSPS) is 17.2. The van der Waals surface area contributed by atoms with Gasteiger partial charge in [-0.3, -0.25) is 10.1 Å². The molecular weight excluding hydrogens is 225 g/mol. The summed E-state index contributed by atoms with van der Waals surface area (Å²) in [5, 5.41) is 13.3. The maximum Gasteiger partial charge on any atom is 0.274 e. The summed E-state index contributed by atoms with van der Waals surface area (Å²) in [6.07, 6.45) is 0.937. The van der Waals surface area contributed by atoms with Gasteiger partial charge in [0.2, 0.25) is 0 Å². The molecule has 0 unspecified atom stereocenters. The number of nitro groups is 1. The Hall–Kier alpha value is -2.11. The monoisotopic (exact) mass is 237 g/mol. The highest BCUT2D eigenvalue weighted by Gasteiger charge is 2.19. The van der Waals surface area contributed by atoms with Gasteiger partial charge in [-0.05, 0) is 17.7 Å². The molecule has 6 heteroatoms. The lowest BCUT2D eigenvalue weighted by atomic mass is 10.2. The van der Waals surface area contributed by atoms with Crippen LogP contribution in [0.3, 0.4) is 0 Å². The maximum absolute atomic E-state index is 13.0. The third-order valence-electron chi connectivity index (χ3n) is 2.52. The van der Waals surface area contributed by atoms with Crippen molar-refractivity contribution in [3.8, 4) is 0 Å². The number of nitrogens with one attached hydrogen (secondary N) is 1. The zero-order chi connectivity index (χ0) is 12.3. The molecule has 2 rings (SSSR count). The van der Waals surface area contributed by atoms with E-state index in [1.54, 1.807) is 12.1 Å². The summed E-state index contributed by atoms with van der Waals surface area (Å²) in [6, 6.07) is 6.23. The summed E-state index contributed by atoms with van der Waals surface area (Å²) in [5.41, 5.74) is 0.794. The minimum atomic E-state index is -0.494. The summed E-state index contributed by atoms with van der Waals surface area (Å²) >= 11 is 0. The first-order valence-corrected chi connectivity index (χ1v) is 5.24. The molecule has 1 aliphatic rings. The minimum absolute atomic E-state index is 0.297. The smallest absolute Gasteiger partial charge is 0.274 e. The number of nitrogens with zero attached hydrogens (tertiary/aromatic N) is 2. The molecule has 1 aromatic rings. The van der Waals surface area contributed by atoms with Gasteiger partial charge >= 0.3 is 0 Å². The lowest BCUT2D eigenvalue weighted by molar-refractivity contribution is -0.404. The molecule has 17 heavy (non-hydrogen) atoms. The number of halogens is 1. The van der Waals surface area contributed by atoms with Crippen LogP contribution in [0.2, 0.25) is 0 Å². The lowest BCUT2D eigenvalue weighted by Gasteiger charge is -2.16. The van der Waals surface area contributed by atoms with Crippen molar-refractivity contribution in [2.45, 2.75) is 6.54 Å². The van der Waals surface area contributed by atoms with Crippen molar-refractivity contribution in [3.63, 3.8) is 0 Å². The van der Waals surface area contributed by atoms with Gasteiger partial charge in [0.15, 0.2) is 5.82 Å². The number of hydrogen-bond acceptors (Lipinski definition) is 4. The van der Waals surface area contributed by atoms with E-state index in [0.717, 1.165) is 11.8 Å². The fourth-order valence-corrected chi connectivity index (χ4v) is 1.80. The number of hydrogen-bond donors (Lipinski definition) is 1. The van der Waals surface area contributed by atoms with E-state index in [2.05, 4.69) is 5.32 Å². The molecule has 1 aliphatic heterocycles. The van der Waals surface area contributed by atoms with Crippen molar-refractivity contribution in [1.29, 1.82) is 0 Å². The molecule has 1 heterocycles. The third-order valence-corrected chi connectivity index (χ3v) is 2.52. The molecule has 0 saturated carbocycles. The Morgan fingerprint density at radius 1 is 1.59 bits per heavy atom. The van der Waals surface area contributed by atoms with Crippen molar-refractivity contribution in [1.82, 2.24) is 10.2 Å². The van der Waals surface area contributed by atoms with Crippen molar-refractivity contribution >= 4 is 0 Å². The van der Waals surface area contributed by atoms with Gasteiger partial charge in [0.05, 0.1) is 4.92 Å². The van der Waals surface area contributed by atoms with E-state index in [1.165, 1.54) is 12.1 Å². The molecule has 1 aromatic carbocycles. The zero-order valence-corrected chi connectivity index (χ0v) is 9.10. The van der Waals surface area contributed by atoms with Gasteiger partial charge in [0, 0.05) is 19.6 Å². The Labute approximate surface area is 97.7 Å². The summed E-state index contributed by atoms with van der Waals surface area (Å²) < 4.78 is 13.0. The van der Waals surface area contributed by atoms with E-state index in [0.29, 0.717) is 25.5 Å². The van der Waals surface area contributed by atoms with Crippen LogP contribution < -0.4 is 5.32 Å². The molecule has 0 spiro atoms. The van der Waals surface area contributed by atoms with Crippen molar-refractivity contribution in [2.24, 2.45) is 0 Å². The van der Waals surface area contributed by atoms with Crippen LogP contribution in [0.15, 0.2) is 36.3 Å². The highest BCUT2D eigenvalue weighted by Crippen LogP contribution is 2.13.